The van der Waals surface area contributed by atoms with Crippen LogP contribution in [0.3, 0.4) is 0 Å². The molecule has 0 bridgehead atoms. The first kappa shape index (κ1) is 27.0. The summed E-state index contributed by atoms with van der Waals surface area (Å²) in [5.41, 5.74) is 12.1. The molecule has 2 aromatic rings. The Kier molecular flexibility index (Phi) is 10.9. The monoisotopic (exact) mass is 485 g/mol. The summed E-state index contributed by atoms with van der Waals surface area (Å²) in [5, 5.41) is 14.7. The third-order valence-electron chi connectivity index (χ3n) is 4.94. The first-order valence-corrected chi connectivity index (χ1v) is 11.0. The van der Waals surface area contributed by atoms with Gasteiger partial charge in [0.05, 0.1) is 7.11 Å². The highest BCUT2D eigenvalue weighted by Gasteiger charge is 2.28. The van der Waals surface area contributed by atoms with Crippen molar-refractivity contribution in [3.8, 4) is 5.75 Å². The second kappa shape index (κ2) is 14.1. The second-order valence-electron chi connectivity index (χ2n) is 7.66. The lowest BCUT2D eigenvalue weighted by atomic mass is 10.0. The number of carbonyl (C=O) groups is 3. The van der Waals surface area contributed by atoms with Crippen LogP contribution in [0, 0.1) is 0 Å². The molecule has 35 heavy (non-hydrogen) atoms. The molecule has 7 N–H and O–H groups in total. The van der Waals surface area contributed by atoms with Gasteiger partial charge in [-0.25, -0.2) is 9.59 Å². The lowest BCUT2D eigenvalue weighted by molar-refractivity contribution is -0.145. The Labute approximate surface area is 203 Å². The number of hydrogen-bond acceptors (Lipinski definition) is 7. The summed E-state index contributed by atoms with van der Waals surface area (Å²) in [7, 11) is 1.21. The van der Waals surface area contributed by atoms with Crippen LogP contribution in [-0.4, -0.2) is 54.8 Å². The molecule has 2 atom stereocenters. The molecule has 188 valence electrons. The number of esters is 1. The van der Waals surface area contributed by atoms with Gasteiger partial charge in [0.25, 0.3) is 0 Å². The van der Waals surface area contributed by atoms with Crippen molar-refractivity contribution in [2.45, 2.75) is 38.0 Å². The van der Waals surface area contributed by atoms with E-state index in [0.717, 1.165) is 5.56 Å². The van der Waals surface area contributed by atoms with Crippen molar-refractivity contribution < 1.29 is 29.0 Å². The number of alkyl carbamates (subject to hydrolysis) is 1. The van der Waals surface area contributed by atoms with Crippen LogP contribution < -0.4 is 22.1 Å². The van der Waals surface area contributed by atoms with Crippen LogP contribution in [0.1, 0.15) is 24.0 Å². The number of nitrogens with two attached hydrogens (primary N) is 2. The van der Waals surface area contributed by atoms with Gasteiger partial charge in [0.15, 0.2) is 5.96 Å². The number of benzene rings is 2. The molecule has 0 aromatic heterocycles. The first-order chi connectivity index (χ1) is 16.8. The number of amides is 2. The normalized spacial score (nSPS) is 12.0. The summed E-state index contributed by atoms with van der Waals surface area (Å²) in [6.07, 6.45) is -0.0728. The van der Waals surface area contributed by atoms with E-state index in [0.29, 0.717) is 12.0 Å². The number of phenolic OH excluding ortho intramolecular Hbond substituents is 1. The van der Waals surface area contributed by atoms with Crippen molar-refractivity contribution in [2.75, 3.05) is 13.7 Å². The molecule has 0 aliphatic heterocycles. The van der Waals surface area contributed by atoms with Crippen LogP contribution in [-0.2, 0) is 32.1 Å². The van der Waals surface area contributed by atoms with E-state index in [2.05, 4.69) is 15.6 Å². The Morgan fingerprint density at radius 3 is 2.29 bits per heavy atom. The van der Waals surface area contributed by atoms with Gasteiger partial charge in [0.2, 0.25) is 5.91 Å². The molecule has 2 aromatic carbocycles. The predicted molar refractivity (Wildman–Crippen MR) is 129 cm³/mol. The van der Waals surface area contributed by atoms with Crippen molar-refractivity contribution in [3.63, 3.8) is 0 Å². The van der Waals surface area contributed by atoms with Gasteiger partial charge in [-0.15, -0.1) is 0 Å². The van der Waals surface area contributed by atoms with Crippen LogP contribution >= 0.6 is 0 Å². The molecule has 2 rings (SSSR count). The molecule has 0 unspecified atom stereocenters. The Bertz CT molecular complexity index is 993. The number of guanidine groups is 1. The molecule has 0 saturated carbocycles. The number of methoxy groups -OCH3 is 1. The average Bonchev–Trinajstić information content (AvgIpc) is 2.85. The predicted octanol–water partition coefficient (Wildman–Crippen LogP) is 0.941. The summed E-state index contributed by atoms with van der Waals surface area (Å²) in [4.78, 5) is 41.6. The highest BCUT2D eigenvalue weighted by molar-refractivity contribution is 5.89. The highest BCUT2D eigenvalue weighted by atomic mass is 16.5. The fourth-order valence-electron chi connectivity index (χ4n) is 3.15. The number of aliphatic imine (C=N–C) groups is 1. The van der Waals surface area contributed by atoms with Crippen LogP contribution in [0.4, 0.5) is 4.79 Å². The molecule has 0 aliphatic carbocycles. The largest absolute Gasteiger partial charge is 0.508 e. The highest BCUT2D eigenvalue weighted by Crippen LogP contribution is 2.12. The lowest BCUT2D eigenvalue weighted by Gasteiger charge is -2.22. The minimum absolute atomic E-state index is 0.0236. The summed E-state index contributed by atoms with van der Waals surface area (Å²) >= 11 is 0. The molecule has 2 amide bonds. The molecule has 11 heteroatoms. The van der Waals surface area contributed by atoms with Crippen LogP contribution in [0.25, 0.3) is 0 Å². The van der Waals surface area contributed by atoms with Crippen molar-refractivity contribution in [1.82, 2.24) is 10.6 Å². The number of carbonyl (C=O) groups excluding carboxylic acids is 3. The van der Waals surface area contributed by atoms with E-state index in [1.165, 1.54) is 19.2 Å². The zero-order valence-corrected chi connectivity index (χ0v) is 19.5. The van der Waals surface area contributed by atoms with Crippen molar-refractivity contribution in [1.29, 1.82) is 0 Å². The molecule has 0 aliphatic rings. The van der Waals surface area contributed by atoms with Crippen LogP contribution in [0.15, 0.2) is 59.6 Å². The van der Waals surface area contributed by atoms with Gasteiger partial charge in [-0.3, -0.25) is 9.79 Å². The molecular weight excluding hydrogens is 454 g/mol. The number of nitrogens with one attached hydrogen (secondary N) is 2. The topological polar surface area (TPSA) is 178 Å². The molecule has 0 heterocycles. The minimum atomic E-state index is -1.06. The number of phenols is 1. The molecule has 0 spiro atoms. The number of aromatic hydroxyl groups is 1. The van der Waals surface area contributed by atoms with Crippen molar-refractivity contribution >= 4 is 23.9 Å². The van der Waals surface area contributed by atoms with Gasteiger partial charge in [0, 0.05) is 13.0 Å². The van der Waals surface area contributed by atoms with E-state index in [1.807, 2.05) is 18.2 Å². The molecule has 0 fully saturated rings. The fourth-order valence-corrected chi connectivity index (χ4v) is 3.15. The smallest absolute Gasteiger partial charge is 0.408 e. The van der Waals surface area contributed by atoms with E-state index < -0.39 is 30.1 Å². The number of nitrogens with zero attached hydrogens (tertiary/aromatic N) is 1. The van der Waals surface area contributed by atoms with E-state index in [9.17, 15) is 19.5 Å². The second-order valence-corrected chi connectivity index (χ2v) is 7.66. The Hall–Kier alpha value is -4.28. The van der Waals surface area contributed by atoms with Crippen LogP contribution in [0.5, 0.6) is 5.75 Å². The van der Waals surface area contributed by atoms with Gasteiger partial charge in [-0.1, -0.05) is 42.5 Å². The average molecular weight is 486 g/mol. The first-order valence-electron chi connectivity index (χ1n) is 11.0. The zero-order chi connectivity index (χ0) is 25.6. The summed E-state index contributed by atoms with van der Waals surface area (Å²) in [6, 6.07) is 13.2. The van der Waals surface area contributed by atoms with E-state index >= 15 is 0 Å². The van der Waals surface area contributed by atoms with Gasteiger partial charge < -0.3 is 36.7 Å². The fraction of sp³-hybridized carbons (Fsp3) is 0.333. The lowest BCUT2D eigenvalue weighted by Crippen LogP contribution is -2.52. The maximum absolute atomic E-state index is 13.1. The minimum Gasteiger partial charge on any atom is -0.508 e. The summed E-state index contributed by atoms with van der Waals surface area (Å²) < 4.78 is 10.0. The van der Waals surface area contributed by atoms with Gasteiger partial charge in [-0.05, 0) is 36.1 Å². The van der Waals surface area contributed by atoms with Crippen molar-refractivity contribution in [3.05, 3.63) is 65.7 Å². The third-order valence-corrected chi connectivity index (χ3v) is 4.94. The summed E-state index contributed by atoms with van der Waals surface area (Å²) in [6.45, 7) is 0.294. The quantitative estimate of drug-likeness (QED) is 0.128. The Balaban J connectivity index is 2.08. The SMILES string of the molecule is COC(=O)[C@@H](CCCN=C(N)N)NC(=O)[C@H](Cc1ccc(O)cc1)NC(=O)OCc1ccccc1. The zero-order valence-electron chi connectivity index (χ0n) is 19.5. The van der Waals surface area contributed by atoms with Crippen LogP contribution in [0.2, 0.25) is 0 Å². The maximum Gasteiger partial charge on any atom is 0.408 e. The third kappa shape index (κ3) is 10.0. The van der Waals surface area contributed by atoms with Gasteiger partial charge in [0.1, 0.15) is 24.4 Å². The maximum atomic E-state index is 13.1. The Morgan fingerprint density at radius 2 is 1.66 bits per heavy atom. The number of ether oxygens (including phenoxy) is 2. The number of rotatable bonds is 12. The summed E-state index contributed by atoms with van der Waals surface area (Å²) in [5.74, 6) is -1.25. The molecule has 11 nitrogen and oxygen atoms in total. The van der Waals surface area contributed by atoms with Crippen molar-refractivity contribution in [2.24, 2.45) is 16.5 Å². The van der Waals surface area contributed by atoms with Gasteiger partial charge in [-0.2, -0.15) is 0 Å². The molecular formula is C24H31N5O6. The van der Waals surface area contributed by atoms with E-state index in [4.69, 9.17) is 20.9 Å². The van der Waals surface area contributed by atoms with E-state index in [-0.39, 0.29) is 37.7 Å². The Morgan fingerprint density at radius 1 is 0.971 bits per heavy atom. The van der Waals surface area contributed by atoms with E-state index in [1.54, 1.807) is 24.3 Å². The molecule has 0 radical (unpaired) electrons. The van der Waals surface area contributed by atoms with Gasteiger partial charge >= 0.3 is 12.1 Å². The standard InChI is InChI=1S/C24H31N5O6/c1-34-22(32)19(8-5-13-27-23(25)26)28-21(31)20(14-16-9-11-18(30)12-10-16)29-24(33)35-15-17-6-3-2-4-7-17/h2-4,6-7,9-12,19-20,30H,5,8,13-15H2,1H3,(H,28,31)(H,29,33)(H4,25,26,27)/t19-,20+/m1/s1. The molecule has 0 saturated heterocycles. The number of hydrogen-bond donors (Lipinski definition) is 5.